The number of rotatable bonds is 22. The van der Waals surface area contributed by atoms with E-state index in [9.17, 15) is 14.8 Å². The van der Waals surface area contributed by atoms with Gasteiger partial charge in [0.25, 0.3) is 0 Å². The summed E-state index contributed by atoms with van der Waals surface area (Å²) in [4.78, 5) is 0. The highest BCUT2D eigenvalue weighted by atomic mass is 31.2. The zero-order chi connectivity index (χ0) is 29.9. The van der Waals surface area contributed by atoms with Gasteiger partial charge in [0.2, 0.25) is 7.37 Å². The highest BCUT2D eigenvalue weighted by Gasteiger charge is 2.24. The van der Waals surface area contributed by atoms with E-state index in [2.05, 4.69) is 12.2 Å². The molecule has 9 heteroatoms. The third-order valence-corrected chi connectivity index (χ3v) is 8.83. The summed E-state index contributed by atoms with van der Waals surface area (Å²) in [6.45, 7) is 5.60. The van der Waals surface area contributed by atoms with Crippen LogP contribution >= 0.6 is 7.37 Å². The summed E-state index contributed by atoms with van der Waals surface area (Å²) >= 11 is 0. The van der Waals surface area contributed by atoms with E-state index in [1.54, 1.807) is 12.1 Å². The first-order valence-corrected chi connectivity index (χ1v) is 16.8. The van der Waals surface area contributed by atoms with Crippen molar-refractivity contribution in [3.8, 4) is 17.2 Å². The molecule has 0 bridgehead atoms. The van der Waals surface area contributed by atoms with Crippen LogP contribution in [0.15, 0.2) is 72.8 Å². The lowest BCUT2D eigenvalue weighted by atomic mass is 10.1. The van der Waals surface area contributed by atoms with E-state index in [-0.39, 0.29) is 18.7 Å². The predicted octanol–water partition coefficient (Wildman–Crippen LogP) is 6.52. The van der Waals surface area contributed by atoms with Crippen LogP contribution in [-0.2, 0) is 33.5 Å². The number of phenols is 1. The van der Waals surface area contributed by atoms with Gasteiger partial charge in [-0.1, -0.05) is 55.8 Å². The molecule has 0 aliphatic rings. The number of hydrogen-bond donors (Lipinski definition) is 3. The Labute approximate surface area is 250 Å². The first kappa shape index (κ1) is 33.6. The lowest BCUT2D eigenvalue weighted by Crippen LogP contribution is -2.20. The van der Waals surface area contributed by atoms with Crippen molar-refractivity contribution in [3.05, 3.63) is 89.5 Å². The lowest BCUT2D eigenvalue weighted by Gasteiger charge is -2.19. The number of benzene rings is 3. The molecule has 1 atom stereocenters. The summed E-state index contributed by atoms with van der Waals surface area (Å²) in [5, 5.41) is 22.3. The van der Waals surface area contributed by atoms with Gasteiger partial charge in [-0.2, -0.15) is 0 Å². The highest BCUT2D eigenvalue weighted by Crippen LogP contribution is 2.47. The highest BCUT2D eigenvalue weighted by molar-refractivity contribution is 7.58. The summed E-state index contributed by atoms with van der Waals surface area (Å²) in [6, 6.07) is 22.8. The number of nitrogens with one attached hydrogen (secondary N) is 1. The average Bonchev–Trinajstić information content (AvgIpc) is 3.01. The minimum Gasteiger partial charge on any atom is -0.508 e. The van der Waals surface area contributed by atoms with Crippen molar-refractivity contribution in [1.29, 1.82) is 0 Å². The van der Waals surface area contributed by atoms with Gasteiger partial charge >= 0.3 is 0 Å². The molecule has 230 valence electrons. The fraction of sp³-hybridized carbons (Fsp3) is 0.455. The monoisotopic (exact) mass is 599 g/mol. The van der Waals surface area contributed by atoms with Crippen molar-refractivity contribution >= 4 is 7.37 Å². The molecule has 0 saturated carbocycles. The van der Waals surface area contributed by atoms with Crippen molar-refractivity contribution in [3.63, 3.8) is 0 Å². The van der Waals surface area contributed by atoms with Crippen molar-refractivity contribution < 1.29 is 33.5 Å². The van der Waals surface area contributed by atoms with E-state index < -0.39 is 7.37 Å². The molecule has 42 heavy (non-hydrogen) atoms. The third-order valence-electron chi connectivity index (χ3n) is 6.65. The van der Waals surface area contributed by atoms with Crippen LogP contribution in [0.25, 0.3) is 0 Å². The minimum absolute atomic E-state index is 0.0594. The van der Waals surface area contributed by atoms with Gasteiger partial charge in [-0.3, -0.25) is 4.57 Å². The molecule has 0 aromatic heterocycles. The van der Waals surface area contributed by atoms with Crippen LogP contribution in [0, 0.1) is 0 Å². The Hall–Kier alpha value is -2.87. The minimum atomic E-state index is -2.94. The molecule has 0 saturated heterocycles. The molecule has 0 aliphatic carbocycles. The van der Waals surface area contributed by atoms with Crippen LogP contribution in [0.2, 0.25) is 0 Å². The van der Waals surface area contributed by atoms with Crippen molar-refractivity contribution in [2.75, 3.05) is 45.4 Å². The molecule has 0 amide bonds. The number of aliphatic hydroxyl groups excluding tert-OH is 1. The van der Waals surface area contributed by atoms with E-state index >= 15 is 0 Å². The van der Waals surface area contributed by atoms with E-state index in [4.69, 9.17) is 18.7 Å². The van der Waals surface area contributed by atoms with Gasteiger partial charge in [0.05, 0.1) is 26.4 Å². The van der Waals surface area contributed by atoms with Gasteiger partial charge in [0.15, 0.2) is 6.35 Å². The van der Waals surface area contributed by atoms with Crippen LogP contribution in [0.3, 0.4) is 0 Å². The van der Waals surface area contributed by atoms with Crippen LogP contribution in [0.4, 0.5) is 0 Å². The smallest absolute Gasteiger partial charge is 0.239 e. The third kappa shape index (κ3) is 13.0. The Morgan fingerprint density at radius 2 is 1.60 bits per heavy atom. The first-order valence-electron chi connectivity index (χ1n) is 14.8. The van der Waals surface area contributed by atoms with Crippen molar-refractivity contribution in [2.45, 2.75) is 52.2 Å². The predicted molar refractivity (Wildman–Crippen MR) is 167 cm³/mol. The maximum Gasteiger partial charge on any atom is 0.239 e. The average molecular weight is 600 g/mol. The Balaban J connectivity index is 1.32. The molecule has 3 N–H and O–H groups in total. The lowest BCUT2D eigenvalue weighted by molar-refractivity contribution is 0.121. The maximum atomic E-state index is 13.5. The van der Waals surface area contributed by atoms with Gasteiger partial charge < -0.3 is 34.3 Å². The standard InChI is InChI=1S/C33H46NO7P/c1-2-3-22-41-42(37,23-8-20-38-26-29-9-5-4-6-10-29)27-40-31-13-11-28(12-14-31)17-19-34-18-7-21-39-32-15-16-33(36)30(24-32)25-35/h4-6,9-16,24,34-36H,2-3,7-8,17-23,25-27H2,1H3. The molecule has 3 aromatic rings. The summed E-state index contributed by atoms with van der Waals surface area (Å²) in [5.41, 5.74) is 2.76. The van der Waals surface area contributed by atoms with Gasteiger partial charge in [-0.25, -0.2) is 0 Å². The number of unbranched alkanes of at least 4 members (excludes halogenated alkanes) is 1. The summed E-state index contributed by atoms with van der Waals surface area (Å²) in [6.07, 6.45) is 4.70. The largest absolute Gasteiger partial charge is 0.508 e. The number of aliphatic hydroxyl groups is 1. The fourth-order valence-electron chi connectivity index (χ4n) is 4.16. The Morgan fingerprint density at radius 1 is 0.810 bits per heavy atom. The van der Waals surface area contributed by atoms with E-state index in [1.807, 2.05) is 54.6 Å². The normalized spacial score (nSPS) is 12.6. The fourth-order valence-corrected chi connectivity index (χ4v) is 5.91. The van der Waals surface area contributed by atoms with Crippen molar-refractivity contribution in [2.24, 2.45) is 0 Å². The summed E-state index contributed by atoms with van der Waals surface area (Å²) in [5.74, 6) is 1.39. The van der Waals surface area contributed by atoms with Crippen LogP contribution in [0.1, 0.15) is 49.3 Å². The van der Waals surface area contributed by atoms with Gasteiger partial charge in [0.1, 0.15) is 17.2 Å². The van der Waals surface area contributed by atoms with Gasteiger partial charge in [-0.15, -0.1) is 0 Å². The summed E-state index contributed by atoms with van der Waals surface area (Å²) < 4.78 is 36.7. The zero-order valence-electron chi connectivity index (χ0n) is 24.7. The molecule has 1 unspecified atom stereocenters. The second-order valence-corrected chi connectivity index (χ2v) is 12.8. The molecule has 0 aliphatic heterocycles. The van der Waals surface area contributed by atoms with E-state index in [1.165, 1.54) is 11.6 Å². The van der Waals surface area contributed by atoms with Crippen molar-refractivity contribution in [1.82, 2.24) is 5.32 Å². The van der Waals surface area contributed by atoms with Crippen LogP contribution in [-0.4, -0.2) is 55.6 Å². The number of hydrogen-bond acceptors (Lipinski definition) is 8. The number of aromatic hydroxyl groups is 1. The molecule has 8 nitrogen and oxygen atoms in total. The second kappa shape index (κ2) is 19.3. The SMILES string of the molecule is CCCCOP(=O)(CCCOCc1ccccc1)COc1ccc(CCNCCCOc2ccc(O)c(CO)c2)cc1. The van der Waals surface area contributed by atoms with Crippen LogP contribution < -0.4 is 14.8 Å². The zero-order valence-corrected chi connectivity index (χ0v) is 25.6. The molecule has 3 aromatic carbocycles. The molecule has 0 spiro atoms. The Bertz CT molecular complexity index is 1190. The Morgan fingerprint density at radius 3 is 2.36 bits per heavy atom. The van der Waals surface area contributed by atoms with Crippen LogP contribution in [0.5, 0.6) is 17.2 Å². The molecule has 0 fully saturated rings. The summed E-state index contributed by atoms with van der Waals surface area (Å²) in [7, 11) is -2.94. The quantitative estimate of drug-likeness (QED) is 0.0885. The molecular formula is C33H46NO7P. The Kier molecular flexibility index (Phi) is 15.5. The molecular weight excluding hydrogens is 553 g/mol. The number of ether oxygens (including phenoxy) is 3. The topological polar surface area (TPSA) is 106 Å². The molecule has 0 heterocycles. The first-order chi connectivity index (χ1) is 20.5. The molecule has 3 rings (SSSR count). The van der Waals surface area contributed by atoms with Gasteiger partial charge in [-0.05, 0) is 80.2 Å². The second-order valence-electron chi connectivity index (χ2n) is 10.2. The van der Waals surface area contributed by atoms with E-state index in [0.29, 0.717) is 56.1 Å². The van der Waals surface area contributed by atoms with Gasteiger partial charge in [0, 0.05) is 18.3 Å². The molecule has 0 radical (unpaired) electrons. The maximum absolute atomic E-state index is 13.5. The van der Waals surface area contributed by atoms with E-state index in [0.717, 1.165) is 44.3 Å².